The van der Waals surface area contributed by atoms with Crippen LogP contribution in [0.4, 0.5) is 9.52 Å². The highest BCUT2D eigenvalue weighted by molar-refractivity contribution is 7.17. The van der Waals surface area contributed by atoms with E-state index in [2.05, 4.69) is 4.98 Å². The molecule has 1 N–H and O–H groups in total. The summed E-state index contributed by atoms with van der Waals surface area (Å²) in [5.41, 5.74) is 0.802. The number of ether oxygens (including phenoxy) is 2. The number of benzene rings is 2. The number of aryl methyl sites for hydroxylation is 1. The highest BCUT2D eigenvalue weighted by Gasteiger charge is 2.48. The summed E-state index contributed by atoms with van der Waals surface area (Å²) in [5, 5.41) is 11.2. The zero-order valence-corrected chi connectivity index (χ0v) is 19.2. The van der Waals surface area contributed by atoms with Gasteiger partial charge in [-0.1, -0.05) is 23.5 Å². The number of carbonyl (C=O) groups is 3. The summed E-state index contributed by atoms with van der Waals surface area (Å²) in [6.45, 7) is 1.58. The molecule has 1 fully saturated rings. The molecule has 1 amide bonds. The van der Waals surface area contributed by atoms with Gasteiger partial charge in [0.25, 0.3) is 5.78 Å². The van der Waals surface area contributed by atoms with Crippen molar-refractivity contribution in [3.63, 3.8) is 0 Å². The normalized spacial score (nSPS) is 17.2. The third kappa shape index (κ3) is 3.92. The van der Waals surface area contributed by atoms with Crippen LogP contribution in [0.2, 0.25) is 0 Å². The Morgan fingerprint density at radius 1 is 1.09 bits per heavy atom. The SMILES string of the molecule is COC(=O)c1sc(N2C(=O)C(=O)/C(=C(/O)c3ccc(OC)cc3)[C@@H]2c2ccc(F)cc2)nc1C. The van der Waals surface area contributed by atoms with E-state index in [9.17, 15) is 23.9 Å². The molecule has 1 saturated heterocycles. The largest absolute Gasteiger partial charge is 0.507 e. The average Bonchev–Trinajstić information content (AvgIpc) is 3.35. The highest BCUT2D eigenvalue weighted by Crippen LogP contribution is 2.44. The van der Waals surface area contributed by atoms with E-state index in [4.69, 9.17) is 9.47 Å². The number of hydrogen-bond acceptors (Lipinski definition) is 8. The summed E-state index contributed by atoms with van der Waals surface area (Å²) in [6.07, 6.45) is 0. The van der Waals surface area contributed by atoms with Gasteiger partial charge in [0.2, 0.25) is 0 Å². The molecule has 10 heteroatoms. The van der Waals surface area contributed by atoms with Crippen molar-refractivity contribution in [3.8, 4) is 5.75 Å². The summed E-state index contributed by atoms with van der Waals surface area (Å²) in [4.78, 5) is 44.0. The first kappa shape index (κ1) is 23.1. The number of Topliss-reactive ketones (excluding diaryl/α,β-unsaturated/α-hetero) is 1. The number of methoxy groups -OCH3 is 2. The molecule has 8 nitrogen and oxygen atoms in total. The van der Waals surface area contributed by atoms with Gasteiger partial charge in [0.1, 0.15) is 22.2 Å². The fraction of sp³-hybridized carbons (Fsp3) is 0.167. The van der Waals surface area contributed by atoms with Gasteiger partial charge in [0.05, 0.1) is 31.5 Å². The van der Waals surface area contributed by atoms with Crippen LogP contribution in [0.25, 0.3) is 5.76 Å². The van der Waals surface area contributed by atoms with Crippen LogP contribution in [0.15, 0.2) is 54.1 Å². The van der Waals surface area contributed by atoms with E-state index >= 15 is 0 Å². The molecular weight excluding hydrogens is 463 g/mol. The second-order valence-electron chi connectivity index (χ2n) is 7.35. The summed E-state index contributed by atoms with van der Waals surface area (Å²) in [7, 11) is 2.72. The fourth-order valence-electron chi connectivity index (χ4n) is 3.66. The number of hydrogen-bond donors (Lipinski definition) is 1. The number of aliphatic hydroxyl groups excluding tert-OH is 1. The van der Waals surface area contributed by atoms with E-state index in [1.54, 1.807) is 31.2 Å². The van der Waals surface area contributed by atoms with Gasteiger partial charge in [0, 0.05) is 5.56 Å². The van der Waals surface area contributed by atoms with Gasteiger partial charge in [0.15, 0.2) is 5.13 Å². The number of carbonyl (C=O) groups excluding carboxylic acids is 3. The summed E-state index contributed by atoms with van der Waals surface area (Å²) in [5.74, 6) is -2.87. The summed E-state index contributed by atoms with van der Waals surface area (Å²) < 4.78 is 23.5. The predicted molar refractivity (Wildman–Crippen MR) is 122 cm³/mol. The van der Waals surface area contributed by atoms with Crippen molar-refractivity contribution in [1.29, 1.82) is 0 Å². The van der Waals surface area contributed by atoms with Crippen molar-refractivity contribution in [2.75, 3.05) is 19.1 Å². The molecule has 3 aromatic rings. The Morgan fingerprint density at radius 3 is 2.32 bits per heavy atom. The van der Waals surface area contributed by atoms with Gasteiger partial charge in [-0.3, -0.25) is 14.5 Å². The number of anilines is 1. The Hall–Kier alpha value is -4.05. The minimum atomic E-state index is -1.10. The highest BCUT2D eigenvalue weighted by atomic mass is 32.1. The first-order chi connectivity index (χ1) is 16.3. The van der Waals surface area contributed by atoms with E-state index < -0.39 is 35.3 Å². The lowest BCUT2D eigenvalue weighted by Crippen LogP contribution is -2.29. The molecule has 2 aromatic carbocycles. The van der Waals surface area contributed by atoms with Crippen molar-refractivity contribution < 1.29 is 33.4 Å². The Labute approximate surface area is 197 Å². The number of aromatic nitrogens is 1. The Kier molecular flexibility index (Phi) is 6.16. The maximum absolute atomic E-state index is 13.6. The second-order valence-corrected chi connectivity index (χ2v) is 8.33. The van der Waals surface area contributed by atoms with E-state index in [1.807, 2.05) is 0 Å². The van der Waals surface area contributed by atoms with Gasteiger partial charge in [-0.25, -0.2) is 14.2 Å². The van der Waals surface area contributed by atoms with Crippen LogP contribution in [0.5, 0.6) is 5.75 Å². The molecule has 1 aliphatic rings. The van der Waals surface area contributed by atoms with Gasteiger partial charge >= 0.3 is 11.9 Å². The number of halogens is 1. The molecule has 34 heavy (non-hydrogen) atoms. The molecule has 2 heterocycles. The number of amides is 1. The smallest absolute Gasteiger partial charge is 0.350 e. The first-order valence-electron chi connectivity index (χ1n) is 10.0. The zero-order valence-electron chi connectivity index (χ0n) is 18.4. The minimum Gasteiger partial charge on any atom is -0.507 e. The molecule has 0 aliphatic carbocycles. The number of thiazole rings is 1. The quantitative estimate of drug-likeness (QED) is 0.253. The lowest BCUT2D eigenvalue weighted by molar-refractivity contribution is -0.132. The molecule has 174 valence electrons. The Morgan fingerprint density at radius 2 is 1.74 bits per heavy atom. The third-order valence-electron chi connectivity index (χ3n) is 5.36. The number of rotatable bonds is 5. The average molecular weight is 482 g/mol. The van der Waals surface area contributed by atoms with Crippen LogP contribution in [0, 0.1) is 12.7 Å². The minimum absolute atomic E-state index is 0.0723. The molecule has 0 radical (unpaired) electrons. The van der Waals surface area contributed by atoms with E-state index in [0.29, 0.717) is 17.0 Å². The molecule has 1 atom stereocenters. The molecule has 0 bridgehead atoms. The topological polar surface area (TPSA) is 106 Å². The van der Waals surface area contributed by atoms with Crippen LogP contribution in [-0.4, -0.2) is 42.0 Å². The van der Waals surface area contributed by atoms with Crippen LogP contribution < -0.4 is 9.64 Å². The number of aliphatic hydroxyl groups is 1. The molecule has 1 aliphatic heterocycles. The van der Waals surface area contributed by atoms with Crippen LogP contribution >= 0.6 is 11.3 Å². The lowest BCUT2D eigenvalue weighted by atomic mass is 9.95. The van der Waals surface area contributed by atoms with Gasteiger partial charge in [-0.05, 0) is 48.9 Å². The molecular formula is C24H19FN2O6S. The second kappa shape index (κ2) is 9.06. The molecule has 0 saturated carbocycles. The van der Waals surface area contributed by atoms with E-state index in [1.165, 1.54) is 38.5 Å². The Bertz CT molecular complexity index is 1310. The monoisotopic (exact) mass is 482 g/mol. The third-order valence-corrected chi connectivity index (χ3v) is 6.49. The van der Waals surface area contributed by atoms with Crippen LogP contribution in [0.3, 0.4) is 0 Å². The number of ketones is 1. The maximum atomic E-state index is 13.6. The van der Waals surface area contributed by atoms with Crippen molar-refractivity contribution in [1.82, 2.24) is 4.98 Å². The maximum Gasteiger partial charge on any atom is 0.350 e. The molecule has 0 unspecified atom stereocenters. The molecule has 0 spiro atoms. The van der Waals surface area contributed by atoms with Crippen LogP contribution in [-0.2, 0) is 14.3 Å². The molecule has 4 rings (SSSR count). The molecule has 1 aromatic heterocycles. The standard InChI is InChI=1S/C24H19FN2O6S/c1-12-21(23(31)33-3)34-24(26-12)27-18(13-4-8-15(25)9-5-13)17(20(29)22(27)30)19(28)14-6-10-16(32-2)11-7-14/h4-11,18,28H,1-3H3/b19-17+/t18-/m0/s1. The van der Waals surface area contributed by atoms with Crippen molar-refractivity contribution >= 4 is 39.9 Å². The van der Waals surface area contributed by atoms with Gasteiger partial charge in [-0.2, -0.15) is 0 Å². The van der Waals surface area contributed by atoms with E-state index in [0.717, 1.165) is 16.2 Å². The summed E-state index contributed by atoms with van der Waals surface area (Å²) in [6, 6.07) is 10.4. The Balaban J connectivity index is 1.91. The van der Waals surface area contributed by atoms with E-state index in [-0.39, 0.29) is 21.1 Å². The van der Waals surface area contributed by atoms with Crippen LogP contribution in [0.1, 0.15) is 32.5 Å². The zero-order chi connectivity index (χ0) is 24.6. The van der Waals surface area contributed by atoms with Gasteiger partial charge < -0.3 is 14.6 Å². The van der Waals surface area contributed by atoms with Crippen molar-refractivity contribution in [2.45, 2.75) is 13.0 Å². The van der Waals surface area contributed by atoms with Gasteiger partial charge in [-0.15, -0.1) is 0 Å². The first-order valence-corrected chi connectivity index (χ1v) is 10.8. The number of nitrogens with zero attached hydrogens (tertiary/aromatic N) is 2. The predicted octanol–water partition coefficient (Wildman–Crippen LogP) is 4.01. The fourth-order valence-corrected chi connectivity index (χ4v) is 4.67. The van der Waals surface area contributed by atoms with Crippen molar-refractivity contribution in [2.24, 2.45) is 0 Å². The summed E-state index contributed by atoms with van der Waals surface area (Å²) >= 11 is 0.884. The lowest BCUT2D eigenvalue weighted by Gasteiger charge is -2.23. The number of esters is 1. The van der Waals surface area contributed by atoms with Crippen molar-refractivity contribution in [3.05, 3.63) is 81.6 Å².